The van der Waals surface area contributed by atoms with E-state index >= 15 is 0 Å². The second kappa shape index (κ2) is 35.5. The van der Waals surface area contributed by atoms with Crippen LogP contribution in [0.25, 0.3) is 99.9 Å². The Kier molecular flexibility index (Phi) is 21.7. The van der Waals surface area contributed by atoms with E-state index in [-0.39, 0.29) is 0 Å². The molecular weight excluding hydrogens is 1620 g/mol. The van der Waals surface area contributed by atoms with Crippen molar-refractivity contribution in [1.82, 2.24) is 26.2 Å². The molecule has 0 radical (unpaired) electrons. The van der Waals surface area contributed by atoms with Crippen LogP contribution in [-0.2, 0) is 0 Å². The van der Waals surface area contributed by atoms with Crippen LogP contribution in [0.2, 0.25) is 0 Å². The van der Waals surface area contributed by atoms with Crippen LogP contribution in [0.15, 0.2) is 467 Å². The predicted molar refractivity (Wildman–Crippen MR) is 523 cm³/mol. The monoisotopic (exact) mass is 1690 g/mol. The number of fused-ring (bicyclic) bond motifs is 3. The smallest absolute Gasteiger partial charge is 0.113 e. The van der Waals surface area contributed by atoms with E-state index in [1.165, 1.54) is 35.2 Å². The number of rotatable bonds is 24. The fourth-order valence-corrected chi connectivity index (χ4v) is 17.8. The van der Waals surface area contributed by atoms with E-state index in [1.807, 2.05) is 146 Å². The third-order valence-electron chi connectivity index (χ3n) is 22.3. The number of benzene rings is 18. The molecule has 21 rings (SSSR count). The lowest BCUT2D eigenvalue weighted by Gasteiger charge is -2.25. The minimum absolute atomic E-state index is 0.686. The Hall–Kier alpha value is -16.6. The third-order valence-corrected chi connectivity index (χ3v) is 23.9. The minimum Gasteiger partial charge on any atom is -0.311 e. The first-order chi connectivity index (χ1) is 62.9. The first-order valence-corrected chi connectivity index (χ1v) is 43.6. The second-order valence-electron chi connectivity index (χ2n) is 30.2. The van der Waals surface area contributed by atoms with Gasteiger partial charge in [0.25, 0.3) is 0 Å². The normalized spacial score (nSPS) is 11.5. The summed E-state index contributed by atoms with van der Waals surface area (Å²) in [6.45, 7) is 0. The highest BCUT2D eigenvalue weighted by Crippen LogP contribution is 2.46. The summed E-state index contributed by atoms with van der Waals surface area (Å²) in [5.41, 5.74) is 33.8. The molecule has 0 spiro atoms. The van der Waals surface area contributed by atoms with E-state index in [0.717, 1.165) is 168 Å². The SMILES string of the molecule is c1ccc(N(c2ccccc2)c2ccc(-c3ccc(-c4ccc(N=Nc5ccc(N(c6ccc(N=Nc7ccc(-c8ccc(-c9ccc(N(c%10ccccc%10)c%10ccccc%10)cc9)c9nsnc89)cc7)cc6)c6ccc(N=Nc7ccc(-c8ccc(-c9ccc(N(c%10ccccc%10)c%10ccccc%10)cc9)c9nsnc89)cc7)cc6)cc5)cc4)c4nsnc34)cc2)cc1. The Morgan fingerprint density at radius 3 is 0.417 bits per heavy atom. The van der Waals surface area contributed by atoms with Crippen molar-refractivity contribution in [3.05, 3.63) is 437 Å². The molecule has 0 atom stereocenters. The topological polar surface area (TPSA) is 164 Å². The van der Waals surface area contributed by atoms with Crippen molar-refractivity contribution in [2.24, 2.45) is 30.7 Å². The number of nitrogens with zero attached hydrogens (tertiary/aromatic N) is 16. The van der Waals surface area contributed by atoms with Crippen LogP contribution in [0.4, 0.5) is 102 Å². The van der Waals surface area contributed by atoms with Crippen molar-refractivity contribution in [2.45, 2.75) is 0 Å². The number of azo groups is 3. The van der Waals surface area contributed by atoms with Gasteiger partial charge in [0.05, 0.1) is 69.3 Å². The van der Waals surface area contributed by atoms with Crippen LogP contribution in [-0.4, -0.2) is 26.2 Å². The maximum atomic E-state index is 4.83. The molecule has 0 aliphatic heterocycles. The lowest BCUT2D eigenvalue weighted by Crippen LogP contribution is -2.09. The van der Waals surface area contributed by atoms with E-state index < -0.39 is 0 Å². The van der Waals surface area contributed by atoms with Gasteiger partial charge in [-0.15, -0.1) is 0 Å². The highest BCUT2D eigenvalue weighted by molar-refractivity contribution is 7.00. The quantitative estimate of drug-likeness (QED) is 0.0532. The van der Waals surface area contributed by atoms with Crippen molar-refractivity contribution in [3.63, 3.8) is 0 Å². The molecule has 0 unspecified atom stereocenters. The summed E-state index contributed by atoms with van der Waals surface area (Å²) in [5, 5.41) is 28.3. The molecule has 3 heterocycles. The minimum atomic E-state index is 0.686. The number of aromatic nitrogens is 6. The molecule has 602 valence electrons. The van der Waals surface area contributed by atoms with Crippen LogP contribution >= 0.6 is 35.2 Å². The molecule has 0 bridgehead atoms. The number of hydrogen-bond acceptors (Lipinski definition) is 19. The fourth-order valence-electron chi connectivity index (χ4n) is 16.1. The maximum Gasteiger partial charge on any atom is 0.113 e. The Morgan fingerprint density at radius 2 is 0.260 bits per heavy atom. The van der Waals surface area contributed by atoms with Gasteiger partial charge in [0.2, 0.25) is 0 Å². The zero-order chi connectivity index (χ0) is 84.6. The van der Waals surface area contributed by atoms with Gasteiger partial charge in [-0.25, -0.2) is 0 Å². The molecule has 0 N–H and O–H groups in total. The molecule has 0 saturated carbocycles. The molecule has 127 heavy (non-hydrogen) atoms. The van der Waals surface area contributed by atoms with E-state index in [4.69, 9.17) is 56.9 Å². The number of para-hydroxylation sites is 6. The van der Waals surface area contributed by atoms with Crippen LogP contribution in [0.5, 0.6) is 0 Å². The summed E-state index contributed by atoms with van der Waals surface area (Å²) in [7, 11) is 0. The Balaban J connectivity index is 0.517. The molecular formula is C108H72N16S3. The molecule has 3 aromatic heterocycles. The van der Waals surface area contributed by atoms with Gasteiger partial charge in [-0.2, -0.15) is 56.9 Å². The van der Waals surface area contributed by atoms with Gasteiger partial charge in [-0.1, -0.05) is 218 Å². The van der Waals surface area contributed by atoms with Gasteiger partial charge in [-0.05, 0) is 252 Å². The van der Waals surface area contributed by atoms with Gasteiger partial charge in [0.1, 0.15) is 33.1 Å². The number of hydrogen-bond donors (Lipinski definition) is 0. The first-order valence-electron chi connectivity index (χ1n) is 41.4. The van der Waals surface area contributed by atoms with Crippen molar-refractivity contribution < 1.29 is 0 Å². The Labute approximate surface area is 745 Å². The van der Waals surface area contributed by atoms with Crippen molar-refractivity contribution >= 4 is 171 Å². The molecule has 16 nitrogen and oxygen atoms in total. The van der Waals surface area contributed by atoms with Gasteiger partial charge >= 0.3 is 0 Å². The van der Waals surface area contributed by atoms with E-state index in [0.29, 0.717) is 34.1 Å². The van der Waals surface area contributed by atoms with Crippen LogP contribution in [0.1, 0.15) is 0 Å². The zero-order valence-electron chi connectivity index (χ0n) is 67.9. The summed E-state index contributed by atoms with van der Waals surface area (Å²) >= 11 is 3.66. The summed E-state index contributed by atoms with van der Waals surface area (Å²) in [6, 6.07) is 150. The molecule has 21 aromatic rings. The predicted octanol–water partition coefficient (Wildman–Crippen LogP) is 32.8. The van der Waals surface area contributed by atoms with Gasteiger partial charge < -0.3 is 19.6 Å². The molecule has 0 amide bonds. The van der Waals surface area contributed by atoms with E-state index in [2.05, 4.69) is 311 Å². The summed E-state index contributed by atoms with van der Waals surface area (Å²) in [4.78, 5) is 8.96. The highest BCUT2D eigenvalue weighted by Gasteiger charge is 2.23. The lowest BCUT2D eigenvalue weighted by atomic mass is 9.97. The van der Waals surface area contributed by atoms with Crippen molar-refractivity contribution in [2.75, 3.05) is 19.6 Å². The van der Waals surface area contributed by atoms with Crippen LogP contribution in [0.3, 0.4) is 0 Å². The molecule has 0 aliphatic carbocycles. The summed E-state index contributed by atoms with van der Waals surface area (Å²) in [6.07, 6.45) is 0. The molecule has 0 aliphatic rings. The van der Waals surface area contributed by atoms with E-state index in [9.17, 15) is 0 Å². The molecule has 0 fully saturated rings. The largest absolute Gasteiger partial charge is 0.311 e. The van der Waals surface area contributed by atoms with Crippen LogP contribution < -0.4 is 19.6 Å². The summed E-state index contributed by atoms with van der Waals surface area (Å²) < 4.78 is 29.0. The second-order valence-corrected chi connectivity index (χ2v) is 31.7. The molecule has 19 heteroatoms. The Morgan fingerprint density at radius 1 is 0.134 bits per heavy atom. The average molecular weight is 1690 g/mol. The summed E-state index contributed by atoms with van der Waals surface area (Å²) in [5.74, 6) is 0. The van der Waals surface area contributed by atoms with Gasteiger partial charge in [0, 0.05) is 102 Å². The molecule has 0 saturated heterocycles. The van der Waals surface area contributed by atoms with Crippen molar-refractivity contribution in [1.29, 1.82) is 0 Å². The fraction of sp³-hybridized carbons (Fsp3) is 0. The lowest BCUT2D eigenvalue weighted by molar-refractivity contribution is 1.21. The highest BCUT2D eigenvalue weighted by atomic mass is 32.1. The average Bonchev–Trinajstić information content (AvgIpc) is 1.71. The van der Waals surface area contributed by atoms with Crippen LogP contribution in [0, 0.1) is 0 Å². The zero-order valence-corrected chi connectivity index (χ0v) is 70.4. The standard InChI is InChI=1S/C108H72N16S3/c1-7-19-85(20-8-1)121(86-21-9-2-10-22-86)91-55-37-76(38-56-91)100-70-67-97(103-106(100)118-125-115-103)73-31-43-79(44-32-73)109-112-82-49-61-94(62-50-82)124(95-63-51-83(52-64-95)113-110-80-45-33-74(34-46-80)98-68-71-101(107-104(98)116-126-119-107)77-39-57-92(58-40-77)122(87-23-11-3-12-24-87)88-25-13-4-14-26-88)96-65-53-84(54-66-96)114-111-81-47-35-75(36-48-81)99-69-72-102(108-105(99)117-127-120-108)78-41-59-93(60-42-78)123(89-27-15-5-16-28-89)90-29-17-6-18-30-90/h1-72H. The van der Waals surface area contributed by atoms with Crippen molar-refractivity contribution in [3.8, 4) is 66.8 Å². The Bertz CT molecular complexity index is 6650. The van der Waals surface area contributed by atoms with Gasteiger partial charge in [0.15, 0.2) is 0 Å². The molecule has 18 aromatic carbocycles. The van der Waals surface area contributed by atoms with Gasteiger partial charge in [-0.3, -0.25) is 0 Å². The maximum absolute atomic E-state index is 4.83. The third kappa shape index (κ3) is 16.4. The number of anilines is 12. The van der Waals surface area contributed by atoms with E-state index in [1.54, 1.807) is 0 Å². The first kappa shape index (κ1) is 77.7.